The smallest absolute Gasteiger partial charge is 0.371 e. The van der Waals surface area contributed by atoms with Crippen molar-refractivity contribution in [2.45, 2.75) is 32.9 Å². The van der Waals surface area contributed by atoms with Crippen LogP contribution >= 0.6 is 0 Å². The van der Waals surface area contributed by atoms with Crippen LogP contribution in [0.4, 0.5) is 30.2 Å². The molecule has 0 atom stereocenters. The molecular weight excluding hydrogens is 471 g/mol. The number of fused-ring (bicyclic) bond motifs is 1. The number of nitrogens with zero attached hydrogens (tertiary/aromatic N) is 1. The Morgan fingerprint density at radius 1 is 0.919 bits per heavy atom. The Balaban J connectivity index is 0.000000266. The summed E-state index contributed by atoms with van der Waals surface area (Å²) in [5.41, 5.74) is 7.10. The van der Waals surface area contributed by atoms with E-state index in [2.05, 4.69) is 83.7 Å². The van der Waals surface area contributed by atoms with E-state index in [9.17, 15) is 13.2 Å². The Bertz CT molecular complexity index is 1200. The van der Waals surface area contributed by atoms with Gasteiger partial charge in [-0.25, -0.2) is 0 Å². The van der Waals surface area contributed by atoms with Gasteiger partial charge in [-0.3, -0.25) is 0 Å². The van der Waals surface area contributed by atoms with E-state index in [0.29, 0.717) is 12.0 Å². The normalized spacial score (nSPS) is 12.4. The number of alkyl halides is 3. The maximum Gasteiger partial charge on any atom is 0.416 e. The molecule has 3 aromatic rings. The highest BCUT2D eigenvalue weighted by Gasteiger charge is 2.32. The van der Waals surface area contributed by atoms with Gasteiger partial charge in [-0.1, -0.05) is 55.5 Å². The van der Waals surface area contributed by atoms with Crippen LogP contribution in [0.1, 0.15) is 36.1 Å². The number of hydrogen-bond acceptors (Lipinski definition) is 3. The van der Waals surface area contributed by atoms with E-state index in [1.54, 1.807) is 13.0 Å². The van der Waals surface area contributed by atoms with Gasteiger partial charge in [0.1, 0.15) is 0 Å². The summed E-state index contributed by atoms with van der Waals surface area (Å²) in [7, 11) is 1.99. The van der Waals surface area contributed by atoms with Crippen molar-refractivity contribution in [1.29, 1.82) is 0 Å². The van der Waals surface area contributed by atoms with Crippen molar-refractivity contribution in [1.82, 2.24) is 5.32 Å². The van der Waals surface area contributed by atoms with Crippen LogP contribution in [0.2, 0.25) is 0 Å². The molecule has 0 unspecified atom stereocenters. The summed E-state index contributed by atoms with van der Waals surface area (Å²) in [6.45, 7) is 11.0. The minimum atomic E-state index is -4.22. The first-order chi connectivity index (χ1) is 17.7. The van der Waals surface area contributed by atoms with Gasteiger partial charge < -0.3 is 15.5 Å². The van der Waals surface area contributed by atoms with Gasteiger partial charge in [0.2, 0.25) is 0 Å². The lowest BCUT2D eigenvalue weighted by molar-refractivity contribution is -0.138. The Morgan fingerprint density at radius 3 is 2.24 bits per heavy atom. The third-order valence-corrected chi connectivity index (χ3v) is 6.30. The van der Waals surface area contributed by atoms with Gasteiger partial charge in [0.05, 0.1) is 5.56 Å². The van der Waals surface area contributed by atoms with Crippen LogP contribution in [0.15, 0.2) is 85.0 Å². The molecule has 3 aromatic carbocycles. The quantitative estimate of drug-likeness (QED) is 0.325. The third kappa shape index (κ3) is 7.99. The van der Waals surface area contributed by atoms with Crippen LogP contribution in [-0.2, 0) is 19.0 Å². The van der Waals surface area contributed by atoms with E-state index in [4.69, 9.17) is 0 Å². The topological polar surface area (TPSA) is 27.3 Å². The molecule has 6 heteroatoms. The van der Waals surface area contributed by atoms with E-state index in [1.165, 1.54) is 28.9 Å². The zero-order valence-electron chi connectivity index (χ0n) is 21.8. The lowest BCUT2D eigenvalue weighted by Gasteiger charge is -2.23. The van der Waals surface area contributed by atoms with Crippen molar-refractivity contribution in [3.05, 3.63) is 107 Å². The highest BCUT2D eigenvalue weighted by molar-refractivity contribution is 5.69. The molecular formula is C31H36F3N3. The molecule has 0 bridgehead atoms. The standard InChI is InChI=1S/C22H27N3.C9H9F3/c1-4-25(14-13-23-3)22-11-9-20(10-12-22)24-21-8-7-18-6-5-17(2)15-19(18)16-21;1-2-7-5-3-4-6-8(7)9(10,11)12/h5-12,16,23-24H,2,4,13-15H2,1,3H3;3-6H,2H2,1H3. The average Bonchev–Trinajstić information content (AvgIpc) is 2.89. The van der Waals surface area contributed by atoms with Gasteiger partial charge in [-0.05, 0) is 86.0 Å². The van der Waals surface area contributed by atoms with Gasteiger partial charge >= 0.3 is 6.18 Å². The van der Waals surface area contributed by atoms with Crippen molar-refractivity contribution in [3.8, 4) is 0 Å². The summed E-state index contributed by atoms with van der Waals surface area (Å²) in [6.07, 6.45) is 1.37. The number of likely N-dealkylation sites (N-methyl/N-ethyl adjacent to an activating group) is 2. The first kappa shape index (κ1) is 28.1. The molecule has 1 aliphatic carbocycles. The van der Waals surface area contributed by atoms with Crippen molar-refractivity contribution < 1.29 is 13.2 Å². The molecule has 0 saturated heterocycles. The summed E-state index contributed by atoms with van der Waals surface area (Å²) < 4.78 is 36.7. The van der Waals surface area contributed by atoms with E-state index >= 15 is 0 Å². The van der Waals surface area contributed by atoms with Crippen LogP contribution in [0.25, 0.3) is 6.08 Å². The summed E-state index contributed by atoms with van der Waals surface area (Å²) in [6, 6.07) is 20.8. The first-order valence-electron chi connectivity index (χ1n) is 12.7. The van der Waals surface area contributed by atoms with Gasteiger partial charge in [0.15, 0.2) is 0 Å². The molecule has 0 heterocycles. The molecule has 1 aliphatic rings. The van der Waals surface area contributed by atoms with Gasteiger partial charge in [-0.15, -0.1) is 0 Å². The number of benzene rings is 3. The lowest BCUT2D eigenvalue weighted by Crippen LogP contribution is -2.30. The van der Waals surface area contributed by atoms with Crippen LogP contribution < -0.4 is 15.5 Å². The highest BCUT2D eigenvalue weighted by atomic mass is 19.4. The predicted molar refractivity (Wildman–Crippen MR) is 151 cm³/mol. The highest BCUT2D eigenvalue weighted by Crippen LogP contribution is 2.32. The molecule has 0 spiro atoms. The number of aryl methyl sites for hydroxylation is 1. The van der Waals surface area contributed by atoms with Crippen molar-refractivity contribution >= 4 is 23.1 Å². The van der Waals surface area contributed by atoms with Crippen LogP contribution in [0, 0.1) is 0 Å². The van der Waals surface area contributed by atoms with E-state index in [0.717, 1.165) is 49.1 Å². The SMILES string of the molecule is C=C1C=Cc2ccc(Nc3ccc(N(CC)CCNC)cc3)cc2C1.CCc1ccccc1C(F)(F)F. The molecule has 0 aromatic heterocycles. The average molecular weight is 508 g/mol. The minimum Gasteiger partial charge on any atom is -0.371 e. The third-order valence-electron chi connectivity index (χ3n) is 6.30. The fourth-order valence-electron chi connectivity index (χ4n) is 4.25. The molecule has 4 rings (SSSR count). The molecule has 0 fully saturated rings. The zero-order chi connectivity index (χ0) is 26.8. The fourth-order valence-corrected chi connectivity index (χ4v) is 4.25. The molecule has 3 nitrogen and oxygen atoms in total. The Labute approximate surface area is 218 Å². The second kappa shape index (κ2) is 13.2. The molecule has 196 valence electrons. The van der Waals surface area contributed by atoms with E-state index in [1.807, 2.05) is 7.05 Å². The summed E-state index contributed by atoms with van der Waals surface area (Å²) in [4.78, 5) is 2.37. The summed E-state index contributed by atoms with van der Waals surface area (Å²) >= 11 is 0. The van der Waals surface area contributed by atoms with Crippen molar-refractivity contribution in [3.63, 3.8) is 0 Å². The molecule has 0 saturated carbocycles. The minimum absolute atomic E-state index is 0.352. The van der Waals surface area contributed by atoms with Crippen LogP contribution in [0.3, 0.4) is 0 Å². The summed E-state index contributed by atoms with van der Waals surface area (Å²) in [5.74, 6) is 0. The predicted octanol–water partition coefficient (Wildman–Crippen LogP) is 7.87. The van der Waals surface area contributed by atoms with E-state index in [-0.39, 0.29) is 0 Å². The zero-order valence-corrected chi connectivity index (χ0v) is 21.8. The Hall–Kier alpha value is -3.51. The van der Waals surface area contributed by atoms with Crippen molar-refractivity contribution in [2.24, 2.45) is 0 Å². The number of allylic oxidation sites excluding steroid dienone is 2. The molecule has 2 N–H and O–H groups in total. The number of rotatable bonds is 8. The monoisotopic (exact) mass is 507 g/mol. The number of halogens is 3. The first-order valence-corrected chi connectivity index (χ1v) is 12.7. The second-order valence-electron chi connectivity index (χ2n) is 8.95. The summed E-state index contributed by atoms with van der Waals surface area (Å²) in [5, 5.41) is 6.72. The van der Waals surface area contributed by atoms with Gasteiger partial charge in [0.25, 0.3) is 0 Å². The maximum absolute atomic E-state index is 12.2. The second-order valence-corrected chi connectivity index (χ2v) is 8.95. The number of nitrogens with one attached hydrogen (secondary N) is 2. The number of anilines is 3. The molecule has 0 amide bonds. The Morgan fingerprint density at radius 2 is 1.62 bits per heavy atom. The maximum atomic E-state index is 12.2. The lowest BCUT2D eigenvalue weighted by atomic mass is 9.94. The molecule has 0 radical (unpaired) electrons. The largest absolute Gasteiger partial charge is 0.416 e. The van der Waals surface area contributed by atoms with Crippen LogP contribution in [0.5, 0.6) is 0 Å². The molecule has 37 heavy (non-hydrogen) atoms. The molecule has 0 aliphatic heterocycles. The fraction of sp³-hybridized carbons (Fsp3) is 0.290. The van der Waals surface area contributed by atoms with E-state index < -0.39 is 11.7 Å². The Kier molecular flexibility index (Phi) is 9.98. The van der Waals surface area contributed by atoms with Crippen LogP contribution in [-0.4, -0.2) is 26.7 Å². The van der Waals surface area contributed by atoms with Gasteiger partial charge in [-0.2, -0.15) is 13.2 Å². The van der Waals surface area contributed by atoms with Gasteiger partial charge in [0, 0.05) is 36.7 Å². The van der Waals surface area contributed by atoms with Crippen molar-refractivity contribution in [2.75, 3.05) is 36.9 Å². The number of hydrogen-bond donors (Lipinski definition) is 2.